The van der Waals surface area contributed by atoms with E-state index in [1.54, 1.807) is 0 Å². The number of hydrogen-bond acceptors (Lipinski definition) is 12. The lowest BCUT2D eigenvalue weighted by molar-refractivity contribution is -0.376. The molecule has 0 saturated carbocycles. The minimum atomic E-state index is -1.99. The minimum absolute atomic E-state index is 0.137. The van der Waals surface area contributed by atoms with Gasteiger partial charge in [0.1, 0.15) is 42.7 Å². The fourth-order valence-corrected chi connectivity index (χ4v) is 3.06. The summed E-state index contributed by atoms with van der Waals surface area (Å²) in [7, 11) is 0. The molecule has 2 rings (SSSR count). The Morgan fingerprint density at radius 1 is 0.963 bits per heavy atom. The van der Waals surface area contributed by atoms with E-state index in [2.05, 4.69) is 5.32 Å². The van der Waals surface area contributed by atoms with Gasteiger partial charge in [-0.25, -0.2) is 0 Å². The Hall–Kier alpha value is -0.950. The number of nitrogens with one attached hydrogen (secondary N) is 1. The van der Waals surface area contributed by atoms with E-state index < -0.39 is 68.0 Å². The number of nitriles is 1. The van der Waals surface area contributed by atoms with Gasteiger partial charge in [-0.2, -0.15) is 5.26 Å². The van der Waals surface area contributed by atoms with Gasteiger partial charge in [-0.3, -0.25) is 0 Å². The maximum absolute atomic E-state index is 10.4. The molecule has 0 amide bonds. The molecule has 0 bridgehead atoms. The van der Waals surface area contributed by atoms with Crippen LogP contribution in [0.2, 0.25) is 0 Å². The molecule has 12 heteroatoms. The monoisotopic (exact) mass is 394 g/mol. The lowest BCUT2D eigenvalue weighted by atomic mass is 9.99. The molecule has 2 heterocycles. The maximum atomic E-state index is 10.4. The van der Waals surface area contributed by atoms with Crippen molar-refractivity contribution < 1.29 is 50.0 Å². The molecule has 12 nitrogen and oxygen atoms in total. The molecule has 27 heavy (non-hydrogen) atoms. The third kappa shape index (κ3) is 4.56. The first kappa shape index (κ1) is 22.3. The highest BCUT2D eigenvalue weighted by Gasteiger charge is 2.58. The van der Waals surface area contributed by atoms with Crippen LogP contribution in [-0.2, 0) is 14.2 Å². The summed E-state index contributed by atoms with van der Waals surface area (Å²) >= 11 is 0. The van der Waals surface area contributed by atoms with Crippen LogP contribution in [0.4, 0.5) is 0 Å². The van der Waals surface area contributed by atoms with E-state index >= 15 is 0 Å². The third-order valence-electron chi connectivity index (χ3n) is 4.63. The molecule has 0 radical (unpaired) electrons. The molecule has 0 aromatic carbocycles. The van der Waals surface area contributed by atoms with Crippen molar-refractivity contribution >= 4 is 0 Å². The first-order valence-electron chi connectivity index (χ1n) is 8.52. The van der Waals surface area contributed by atoms with Crippen molar-refractivity contribution in [2.24, 2.45) is 0 Å². The lowest BCUT2D eigenvalue weighted by Gasteiger charge is -2.43. The van der Waals surface area contributed by atoms with Crippen LogP contribution >= 0.6 is 0 Å². The zero-order valence-corrected chi connectivity index (χ0v) is 14.5. The number of ether oxygens (including phenoxy) is 3. The Kier molecular flexibility index (Phi) is 7.86. The topological polar surface area (TPSA) is 205 Å². The normalized spacial score (nSPS) is 45.0. The summed E-state index contributed by atoms with van der Waals surface area (Å²) in [6.45, 7) is -1.36. The first-order chi connectivity index (χ1) is 12.8. The summed E-state index contributed by atoms with van der Waals surface area (Å²) in [4.78, 5) is 0. The maximum Gasteiger partial charge on any atom is 0.213 e. The van der Waals surface area contributed by atoms with E-state index in [0.717, 1.165) is 0 Å². The average molecular weight is 394 g/mol. The van der Waals surface area contributed by atoms with E-state index in [1.165, 1.54) is 0 Å². The largest absolute Gasteiger partial charge is 0.394 e. The molecule has 2 fully saturated rings. The molecule has 0 aliphatic carbocycles. The molecule has 9 atom stereocenters. The van der Waals surface area contributed by atoms with E-state index in [9.17, 15) is 35.7 Å². The molecule has 8 N–H and O–H groups in total. The van der Waals surface area contributed by atoms with E-state index in [-0.39, 0.29) is 19.5 Å². The third-order valence-corrected chi connectivity index (χ3v) is 4.63. The second kappa shape index (κ2) is 9.50. The fourth-order valence-electron chi connectivity index (χ4n) is 3.06. The van der Waals surface area contributed by atoms with Gasteiger partial charge in [-0.15, -0.1) is 0 Å². The van der Waals surface area contributed by atoms with Gasteiger partial charge in [-0.05, 0) is 0 Å². The van der Waals surface area contributed by atoms with Crippen LogP contribution in [0.5, 0.6) is 0 Å². The molecular weight excluding hydrogens is 368 g/mol. The van der Waals surface area contributed by atoms with E-state index in [0.29, 0.717) is 0 Å². The lowest BCUT2D eigenvalue weighted by Crippen LogP contribution is -2.63. The molecule has 156 valence electrons. The Morgan fingerprint density at radius 3 is 2.19 bits per heavy atom. The summed E-state index contributed by atoms with van der Waals surface area (Å²) in [5, 5.41) is 80.2. The first-order valence-corrected chi connectivity index (χ1v) is 8.52. The van der Waals surface area contributed by atoms with Crippen molar-refractivity contribution in [3.8, 4) is 6.07 Å². The molecule has 0 spiro atoms. The zero-order valence-electron chi connectivity index (χ0n) is 14.5. The predicted molar refractivity (Wildman–Crippen MR) is 84.7 cm³/mol. The summed E-state index contributed by atoms with van der Waals surface area (Å²) < 4.78 is 16.3. The van der Waals surface area contributed by atoms with Gasteiger partial charge in [0, 0.05) is 13.0 Å². The average Bonchev–Trinajstić information content (AvgIpc) is 2.90. The number of hydrogen-bond donors (Lipinski definition) is 8. The molecular formula is C15H26N2O10. The molecule has 0 unspecified atom stereocenters. The van der Waals surface area contributed by atoms with Gasteiger partial charge < -0.3 is 55.3 Å². The van der Waals surface area contributed by atoms with Crippen molar-refractivity contribution in [1.29, 1.82) is 5.26 Å². The van der Waals surface area contributed by atoms with Crippen LogP contribution in [0.1, 0.15) is 6.42 Å². The number of aliphatic hydroxyl groups is 7. The highest BCUT2D eigenvalue weighted by atomic mass is 16.8. The summed E-state index contributed by atoms with van der Waals surface area (Å²) in [6, 6.07) is 1.91. The van der Waals surface area contributed by atoms with Crippen LogP contribution in [0.15, 0.2) is 0 Å². The summed E-state index contributed by atoms with van der Waals surface area (Å²) in [6.07, 6.45) is -12.2. The van der Waals surface area contributed by atoms with Crippen molar-refractivity contribution in [1.82, 2.24) is 5.32 Å². The Bertz CT molecular complexity index is 517. The Balaban J connectivity index is 2.20. The fraction of sp³-hybridized carbons (Fsp3) is 0.933. The van der Waals surface area contributed by atoms with Gasteiger partial charge in [0.25, 0.3) is 0 Å². The molecule has 0 aromatic rings. The van der Waals surface area contributed by atoms with Gasteiger partial charge in [0.15, 0.2) is 6.29 Å². The Morgan fingerprint density at radius 2 is 1.63 bits per heavy atom. The van der Waals surface area contributed by atoms with Crippen molar-refractivity contribution in [3.63, 3.8) is 0 Å². The predicted octanol–water partition coefficient (Wildman–Crippen LogP) is -4.88. The zero-order chi connectivity index (χ0) is 20.2. The smallest absolute Gasteiger partial charge is 0.213 e. The van der Waals surface area contributed by atoms with Crippen molar-refractivity contribution in [2.75, 3.05) is 26.3 Å². The quantitative estimate of drug-likeness (QED) is 0.182. The van der Waals surface area contributed by atoms with Crippen LogP contribution in [0.25, 0.3) is 0 Å². The second-order valence-electron chi connectivity index (χ2n) is 6.49. The number of rotatable bonds is 8. The molecule has 2 saturated heterocycles. The highest BCUT2D eigenvalue weighted by molar-refractivity contribution is 5.00. The van der Waals surface area contributed by atoms with Crippen LogP contribution in [0.3, 0.4) is 0 Å². The molecule has 2 aliphatic rings. The van der Waals surface area contributed by atoms with Gasteiger partial charge in [0.2, 0.25) is 5.79 Å². The second-order valence-corrected chi connectivity index (χ2v) is 6.49. The van der Waals surface area contributed by atoms with E-state index in [4.69, 9.17) is 19.5 Å². The van der Waals surface area contributed by atoms with Crippen molar-refractivity contribution in [2.45, 2.75) is 61.2 Å². The van der Waals surface area contributed by atoms with Crippen LogP contribution < -0.4 is 5.32 Å². The van der Waals surface area contributed by atoms with E-state index in [1.807, 2.05) is 6.07 Å². The Labute approximate surface area is 155 Å². The van der Waals surface area contributed by atoms with Gasteiger partial charge >= 0.3 is 0 Å². The summed E-state index contributed by atoms with van der Waals surface area (Å²) in [5.41, 5.74) is 0. The highest BCUT2D eigenvalue weighted by Crippen LogP contribution is 2.35. The standard InChI is InChI=1S/C15H26N2O10/c16-2-1-3-17-6-15(13(24)10(21)8(5-19)26-15)27-14-12(23)11(22)9(20)7(4-18)25-14/h7-14,17-24H,1,3-6H2/t7-,8-,9-,10-,11+,12-,13+,14-,15+/m1/s1. The van der Waals surface area contributed by atoms with Gasteiger partial charge in [0.05, 0.1) is 25.8 Å². The SMILES string of the molecule is N#CCCNC[C@@]1(O[C@H]2O[C@H](CO)[C@@H](O)[C@H](O)[C@H]2O)O[C@H](CO)[C@@H](O)[C@@H]1O. The molecule has 2 aliphatic heterocycles. The number of nitrogens with zero attached hydrogens (tertiary/aromatic N) is 1. The minimum Gasteiger partial charge on any atom is -0.394 e. The molecule has 0 aromatic heterocycles. The summed E-state index contributed by atoms with van der Waals surface area (Å²) in [5.74, 6) is -1.99. The number of aliphatic hydroxyl groups excluding tert-OH is 7. The van der Waals surface area contributed by atoms with Gasteiger partial charge in [-0.1, -0.05) is 0 Å². The van der Waals surface area contributed by atoms with Crippen LogP contribution in [-0.4, -0.2) is 117 Å². The van der Waals surface area contributed by atoms with Crippen LogP contribution in [0, 0.1) is 11.3 Å². The van der Waals surface area contributed by atoms with Crippen molar-refractivity contribution in [3.05, 3.63) is 0 Å².